The van der Waals surface area contributed by atoms with Crippen LogP contribution in [0.5, 0.6) is 0 Å². The van der Waals surface area contributed by atoms with Gasteiger partial charge in [0.05, 0.1) is 17.6 Å². The molecule has 5 heteroatoms. The smallest absolute Gasteiger partial charge is 0.222 e. The van der Waals surface area contributed by atoms with Gasteiger partial charge in [-0.25, -0.2) is 4.98 Å². The van der Waals surface area contributed by atoms with E-state index in [1.165, 1.54) is 11.1 Å². The molecule has 1 fully saturated rings. The van der Waals surface area contributed by atoms with Crippen LogP contribution in [0.1, 0.15) is 24.2 Å². The average molecular weight is 377 g/mol. The summed E-state index contributed by atoms with van der Waals surface area (Å²) in [7, 11) is 2.08. The number of rotatable bonds is 6. The highest BCUT2D eigenvalue weighted by Gasteiger charge is 2.22. The molecule has 0 atom stereocenters. The summed E-state index contributed by atoms with van der Waals surface area (Å²) < 4.78 is 2.18. The number of aryl methyl sites for hydroxylation is 2. The second kappa shape index (κ2) is 8.57. The maximum Gasteiger partial charge on any atom is 0.222 e. The highest BCUT2D eigenvalue weighted by atomic mass is 16.2. The molecule has 2 aromatic carbocycles. The Morgan fingerprint density at radius 2 is 1.68 bits per heavy atom. The topological polar surface area (TPSA) is 41.4 Å². The van der Waals surface area contributed by atoms with Crippen molar-refractivity contribution in [2.24, 2.45) is 7.05 Å². The molecule has 0 aliphatic carbocycles. The number of fused-ring (bicyclic) bond motifs is 1. The number of hydrogen-bond acceptors (Lipinski definition) is 3. The minimum Gasteiger partial charge on any atom is -0.340 e. The molecular weight excluding hydrogens is 348 g/mol. The fourth-order valence-corrected chi connectivity index (χ4v) is 3.94. The zero-order valence-electron chi connectivity index (χ0n) is 16.6. The molecule has 1 aliphatic rings. The van der Waals surface area contributed by atoms with E-state index >= 15 is 0 Å². The third-order valence-corrected chi connectivity index (χ3v) is 5.67. The van der Waals surface area contributed by atoms with Crippen LogP contribution in [0.25, 0.3) is 11.0 Å². The summed E-state index contributed by atoms with van der Waals surface area (Å²) in [5.74, 6) is 1.38. The molecule has 0 unspecified atom stereocenters. The van der Waals surface area contributed by atoms with Crippen LogP contribution in [0.15, 0.2) is 54.6 Å². The Bertz CT molecular complexity index is 926. The Morgan fingerprint density at radius 1 is 0.964 bits per heavy atom. The predicted octanol–water partition coefficient (Wildman–Crippen LogP) is 3.24. The molecule has 0 saturated carbocycles. The van der Waals surface area contributed by atoms with Crippen molar-refractivity contribution in [2.75, 3.05) is 26.2 Å². The summed E-state index contributed by atoms with van der Waals surface area (Å²) in [6.07, 6.45) is 2.53. The van der Waals surface area contributed by atoms with Crippen LogP contribution in [0, 0.1) is 0 Å². The Morgan fingerprint density at radius 3 is 2.43 bits per heavy atom. The number of carbonyl (C=O) groups excluding carboxylic acids is 1. The van der Waals surface area contributed by atoms with Crippen molar-refractivity contribution in [1.29, 1.82) is 0 Å². The highest BCUT2D eigenvalue weighted by molar-refractivity contribution is 5.76. The van der Waals surface area contributed by atoms with Gasteiger partial charge in [0.25, 0.3) is 0 Å². The number of benzene rings is 2. The Balaban J connectivity index is 1.25. The quantitative estimate of drug-likeness (QED) is 0.663. The molecule has 146 valence electrons. The summed E-state index contributed by atoms with van der Waals surface area (Å²) in [4.78, 5) is 21.7. The van der Waals surface area contributed by atoms with E-state index in [1.807, 2.05) is 17.0 Å². The van der Waals surface area contributed by atoms with Gasteiger partial charge in [-0.3, -0.25) is 9.69 Å². The fourth-order valence-electron chi connectivity index (χ4n) is 3.94. The van der Waals surface area contributed by atoms with Gasteiger partial charge in [0.2, 0.25) is 5.91 Å². The predicted molar refractivity (Wildman–Crippen MR) is 112 cm³/mol. The summed E-state index contributed by atoms with van der Waals surface area (Å²) in [6, 6.07) is 18.7. The van der Waals surface area contributed by atoms with E-state index in [-0.39, 0.29) is 0 Å². The first kappa shape index (κ1) is 18.7. The molecule has 1 saturated heterocycles. The number of imidazole rings is 1. The van der Waals surface area contributed by atoms with Crippen LogP contribution < -0.4 is 0 Å². The maximum absolute atomic E-state index is 12.5. The van der Waals surface area contributed by atoms with Crippen LogP contribution in [0.2, 0.25) is 0 Å². The molecule has 0 radical (unpaired) electrons. The Kier molecular flexibility index (Phi) is 5.72. The summed E-state index contributed by atoms with van der Waals surface area (Å²) in [6.45, 7) is 4.28. The minimum absolute atomic E-state index is 0.290. The molecule has 2 heterocycles. The summed E-state index contributed by atoms with van der Waals surface area (Å²) in [5, 5.41) is 0. The van der Waals surface area contributed by atoms with E-state index in [0.29, 0.717) is 12.3 Å². The normalized spacial score (nSPS) is 15.2. The first-order chi connectivity index (χ1) is 13.7. The lowest BCUT2D eigenvalue weighted by Gasteiger charge is -2.34. The molecule has 28 heavy (non-hydrogen) atoms. The first-order valence-corrected chi connectivity index (χ1v) is 10.1. The number of aromatic nitrogens is 2. The van der Waals surface area contributed by atoms with Gasteiger partial charge < -0.3 is 9.47 Å². The van der Waals surface area contributed by atoms with Gasteiger partial charge in [-0.15, -0.1) is 0 Å². The van der Waals surface area contributed by atoms with E-state index in [9.17, 15) is 4.79 Å². The zero-order chi connectivity index (χ0) is 19.3. The lowest BCUT2D eigenvalue weighted by atomic mass is 10.1. The SMILES string of the molecule is Cn1c(CN2CCN(C(=O)CCCc3ccccc3)CC2)nc2ccccc21. The number of amides is 1. The number of piperazine rings is 1. The van der Waals surface area contributed by atoms with Crippen molar-refractivity contribution in [3.05, 3.63) is 66.0 Å². The molecule has 1 aliphatic heterocycles. The molecule has 1 amide bonds. The van der Waals surface area contributed by atoms with Crippen molar-refractivity contribution in [2.45, 2.75) is 25.8 Å². The van der Waals surface area contributed by atoms with Gasteiger partial charge in [-0.1, -0.05) is 42.5 Å². The van der Waals surface area contributed by atoms with Crippen molar-refractivity contribution in [3.63, 3.8) is 0 Å². The maximum atomic E-state index is 12.5. The van der Waals surface area contributed by atoms with Crippen LogP contribution in [-0.4, -0.2) is 51.4 Å². The zero-order valence-corrected chi connectivity index (χ0v) is 16.6. The fraction of sp³-hybridized carbons (Fsp3) is 0.391. The first-order valence-electron chi connectivity index (χ1n) is 10.1. The van der Waals surface area contributed by atoms with E-state index in [2.05, 4.69) is 59.0 Å². The van der Waals surface area contributed by atoms with Crippen molar-refractivity contribution >= 4 is 16.9 Å². The molecule has 0 spiro atoms. The van der Waals surface area contributed by atoms with Crippen molar-refractivity contribution < 1.29 is 4.79 Å². The second-order valence-corrected chi connectivity index (χ2v) is 7.57. The largest absolute Gasteiger partial charge is 0.340 e. The Labute approximate surface area is 166 Å². The van der Waals surface area contributed by atoms with Gasteiger partial charge in [0.15, 0.2) is 0 Å². The van der Waals surface area contributed by atoms with Crippen LogP contribution in [-0.2, 0) is 24.8 Å². The van der Waals surface area contributed by atoms with Gasteiger partial charge in [-0.05, 0) is 30.5 Å². The molecule has 5 nitrogen and oxygen atoms in total. The van der Waals surface area contributed by atoms with E-state index in [0.717, 1.165) is 56.9 Å². The molecule has 1 aromatic heterocycles. The molecule has 4 rings (SSSR count). The molecule has 3 aromatic rings. The van der Waals surface area contributed by atoms with Crippen LogP contribution in [0.4, 0.5) is 0 Å². The van der Waals surface area contributed by atoms with Gasteiger partial charge >= 0.3 is 0 Å². The third kappa shape index (κ3) is 4.25. The summed E-state index contributed by atoms with van der Waals surface area (Å²) in [5.41, 5.74) is 3.53. The standard InChI is InChI=1S/C23H28N4O/c1-25-21-12-6-5-11-20(21)24-22(25)18-26-14-16-27(17-15-26)23(28)13-7-10-19-8-3-2-4-9-19/h2-6,8-9,11-12H,7,10,13-18H2,1H3. The Hall–Kier alpha value is -2.66. The van der Waals surface area contributed by atoms with E-state index < -0.39 is 0 Å². The monoisotopic (exact) mass is 376 g/mol. The summed E-state index contributed by atoms with van der Waals surface area (Å²) >= 11 is 0. The van der Waals surface area contributed by atoms with E-state index in [1.54, 1.807) is 0 Å². The number of para-hydroxylation sites is 2. The highest BCUT2D eigenvalue weighted by Crippen LogP contribution is 2.16. The van der Waals surface area contributed by atoms with Crippen LogP contribution in [0.3, 0.4) is 0 Å². The number of hydrogen-bond donors (Lipinski definition) is 0. The van der Waals surface area contributed by atoms with Gasteiger partial charge in [-0.2, -0.15) is 0 Å². The third-order valence-electron chi connectivity index (χ3n) is 5.67. The van der Waals surface area contributed by atoms with Gasteiger partial charge in [0.1, 0.15) is 5.82 Å². The number of nitrogens with zero attached hydrogens (tertiary/aromatic N) is 4. The lowest BCUT2D eigenvalue weighted by molar-refractivity contribution is -0.133. The second-order valence-electron chi connectivity index (χ2n) is 7.57. The van der Waals surface area contributed by atoms with Gasteiger partial charge in [0, 0.05) is 39.6 Å². The van der Waals surface area contributed by atoms with Crippen molar-refractivity contribution in [3.8, 4) is 0 Å². The van der Waals surface area contributed by atoms with Crippen molar-refractivity contribution in [1.82, 2.24) is 19.4 Å². The minimum atomic E-state index is 0.290. The van der Waals surface area contributed by atoms with Crippen LogP contribution >= 0.6 is 0 Å². The molecule has 0 N–H and O–H groups in total. The average Bonchev–Trinajstić information content (AvgIpc) is 3.05. The molecular formula is C23H28N4O. The van der Waals surface area contributed by atoms with E-state index in [4.69, 9.17) is 4.98 Å². The molecule has 0 bridgehead atoms. The lowest BCUT2D eigenvalue weighted by Crippen LogP contribution is -2.48. The number of carbonyl (C=O) groups is 1.